The van der Waals surface area contributed by atoms with Crippen LogP contribution >= 0.6 is 26.6 Å². The Balaban J connectivity index is 3.58. The van der Waals surface area contributed by atoms with Gasteiger partial charge in [-0.1, -0.05) is 0 Å². The van der Waals surface area contributed by atoms with Crippen LogP contribution in [0, 0.1) is 11.3 Å². The molecule has 0 aliphatic rings. The van der Waals surface area contributed by atoms with Crippen LogP contribution in [0.3, 0.4) is 0 Å². The maximum atomic E-state index is 12.4. The Morgan fingerprint density at radius 2 is 2.12 bits per heavy atom. The predicted molar refractivity (Wildman–Crippen MR) is 54.6 cm³/mol. The maximum absolute atomic E-state index is 12.4. The summed E-state index contributed by atoms with van der Waals surface area (Å²) in [4.78, 5) is 2.77. The molecule has 86 valence electrons. The molecule has 4 nitrogen and oxygen atoms in total. The van der Waals surface area contributed by atoms with Crippen molar-refractivity contribution in [2.24, 2.45) is 0 Å². The van der Waals surface area contributed by atoms with Crippen LogP contribution in [-0.4, -0.2) is 13.4 Å². The number of pyridine rings is 1. The van der Waals surface area contributed by atoms with E-state index < -0.39 is 31.6 Å². The van der Waals surface area contributed by atoms with Crippen LogP contribution in [0.5, 0.6) is 0 Å². The molecule has 0 atom stereocenters. The highest BCUT2D eigenvalue weighted by atomic mass is 79.9. The van der Waals surface area contributed by atoms with Gasteiger partial charge in [0.25, 0.3) is 15.5 Å². The van der Waals surface area contributed by atoms with E-state index in [0.29, 0.717) is 0 Å². The number of halogens is 4. The van der Waals surface area contributed by atoms with Crippen molar-refractivity contribution in [2.75, 3.05) is 0 Å². The van der Waals surface area contributed by atoms with E-state index in [-0.39, 0.29) is 4.60 Å². The Hall–Kier alpha value is -0.780. The predicted octanol–water partition coefficient (Wildman–Crippen LogP) is 2.58. The maximum Gasteiger partial charge on any atom is 0.281 e. The summed E-state index contributed by atoms with van der Waals surface area (Å²) in [6, 6.07) is 2.18. The largest absolute Gasteiger partial charge is 0.281 e. The van der Waals surface area contributed by atoms with Crippen LogP contribution in [-0.2, 0) is 9.05 Å². The van der Waals surface area contributed by atoms with Gasteiger partial charge in [0.2, 0.25) is 0 Å². The van der Waals surface area contributed by atoms with Crippen molar-refractivity contribution in [3.05, 3.63) is 21.9 Å². The first-order valence-corrected chi connectivity index (χ1v) is 6.71. The van der Waals surface area contributed by atoms with Gasteiger partial charge < -0.3 is 0 Å². The Bertz CT molecular complexity index is 570. The molecule has 0 fully saturated rings. The molecule has 0 unspecified atom stereocenters. The molecule has 0 bridgehead atoms. The second-order valence-corrected chi connectivity index (χ2v) is 5.85. The third-order valence-electron chi connectivity index (χ3n) is 1.56. The molecule has 1 heterocycles. The van der Waals surface area contributed by atoms with Gasteiger partial charge in [0, 0.05) is 10.7 Å². The van der Waals surface area contributed by atoms with Gasteiger partial charge in [0.05, 0.1) is 5.56 Å². The van der Waals surface area contributed by atoms with Gasteiger partial charge in [-0.15, -0.1) is 0 Å². The highest BCUT2D eigenvalue weighted by Gasteiger charge is 2.23. The molecule has 0 spiro atoms. The zero-order valence-corrected chi connectivity index (χ0v) is 10.4. The summed E-state index contributed by atoms with van der Waals surface area (Å²) >= 11 is 2.70. The van der Waals surface area contributed by atoms with Gasteiger partial charge in [0.15, 0.2) is 0 Å². The van der Waals surface area contributed by atoms with Crippen LogP contribution in [0.2, 0.25) is 0 Å². The van der Waals surface area contributed by atoms with Crippen molar-refractivity contribution in [3.8, 4) is 6.07 Å². The van der Waals surface area contributed by atoms with E-state index in [1.807, 2.05) is 0 Å². The zero-order valence-electron chi connectivity index (χ0n) is 7.29. The zero-order chi connectivity index (χ0) is 12.5. The van der Waals surface area contributed by atoms with Crippen molar-refractivity contribution in [1.29, 1.82) is 5.26 Å². The van der Waals surface area contributed by atoms with Gasteiger partial charge in [-0.05, 0) is 22.0 Å². The van der Waals surface area contributed by atoms with E-state index in [9.17, 15) is 17.2 Å². The van der Waals surface area contributed by atoms with Crippen LogP contribution in [0.4, 0.5) is 8.78 Å². The Morgan fingerprint density at radius 3 is 2.50 bits per heavy atom. The third-order valence-corrected chi connectivity index (χ3v) is 3.77. The normalized spacial score (nSPS) is 11.5. The lowest BCUT2D eigenvalue weighted by molar-refractivity contribution is 0.145. The molecular weight excluding hydrogens is 330 g/mol. The van der Waals surface area contributed by atoms with Crippen molar-refractivity contribution < 1.29 is 17.2 Å². The van der Waals surface area contributed by atoms with E-state index in [4.69, 9.17) is 15.9 Å². The first kappa shape index (κ1) is 13.3. The van der Waals surface area contributed by atoms with Gasteiger partial charge in [-0.25, -0.2) is 22.2 Å². The molecule has 0 aliphatic heterocycles. The van der Waals surface area contributed by atoms with E-state index >= 15 is 0 Å². The van der Waals surface area contributed by atoms with Crippen LogP contribution in [0.1, 0.15) is 17.7 Å². The molecule has 0 N–H and O–H groups in total. The van der Waals surface area contributed by atoms with Crippen molar-refractivity contribution in [3.63, 3.8) is 0 Å². The number of aromatic nitrogens is 1. The summed E-state index contributed by atoms with van der Waals surface area (Å²) < 4.78 is 46.5. The minimum atomic E-state index is -4.14. The average molecular weight is 332 g/mol. The first-order chi connectivity index (χ1) is 7.27. The van der Waals surface area contributed by atoms with Crippen LogP contribution < -0.4 is 0 Å². The smallest absolute Gasteiger partial charge is 0.237 e. The Morgan fingerprint density at radius 1 is 1.56 bits per heavy atom. The monoisotopic (exact) mass is 330 g/mol. The molecule has 0 saturated heterocycles. The quantitative estimate of drug-likeness (QED) is 0.617. The summed E-state index contributed by atoms with van der Waals surface area (Å²) in [5.41, 5.74) is -1.32. The fraction of sp³-hybridized carbons (Fsp3) is 0.143. The van der Waals surface area contributed by atoms with E-state index in [1.54, 1.807) is 0 Å². The lowest BCUT2D eigenvalue weighted by Gasteiger charge is -2.05. The Labute approximate surface area is 102 Å². The second kappa shape index (κ2) is 4.61. The first-order valence-electron chi connectivity index (χ1n) is 3.60. The second-order valence-electron chi connectivity index (χ2n) is 2.56. The standard InChI is InChI=1S/C7H2BrClF2N2O2S/c8-6-4(16(9,14)15)1-3(2-12)5(13-6)7(10)11/h1,7H. The lowest BCUT2D eigenvalue weighted by Crippen LogP contribution is -2.02. The molecule has 0 aromatic carbocycles. The van der Waals surface area contributed by atoms with Crippen molar-refractivity contribution in [2.45, 2.75) is 11.3 Å². The van der Waals surface area contributed by atoms with Crippen LogP contribution in [0.25, 0.3) is 0 Å². The molecule has 0 saturated carbocycles. The number of nitriles is 1. The number of hydrogen-bond acceptors (Lipinski definition) is 4. The number of alkyl halides is 2. The highest BCUT2D eigenvalue weighted by molar-refractivity contribution is 9.10. The highest BCUT2D eigenvalue weighted by Crippen LogP contribution is 2.29. The fourth-order valence-corrected chi connectivity index (χ4v) is 3.00. The molecule has 0 aliphatic carbocycles. The minimum Gasteiger partial charge on any atom is -0.237 e. The fourth-order valence-electron chi connectivity index (χ4n) is 0.913. The van der Waals surface area contributed by atoms with Gasteiger partial charge in [0.1, 0.15) is 21.3 Å². The third kappa shape index (κ3) is 2.66. The molecule has 16 heavy (non-hydrogen) atoms. The molecular formula is C7H2BrClF2N2O2S. The summed E-state index contributed by atoms with van der Waals surface area (Å²) in [7, 11) is 0.888. The van der Waals surface area contributed by atoms with Crippen molar-refractivity contribution in [1.82, 2.24) is 4.98 Å². The molecule has 1 aromatic heterocycles. The molecule has 9 heteroatoms. The summed E-state index contributed by atoms with van der Waals surface area (Å²) in [6.07, 6.45) is -2.97. The Kier molecular flexibility index (Phi) is 3.83. The number of rotatable bonds is 2. The molecule has 0 amide bonds. The lowest BCUT2D eigenvalue weighted by atomic mass is 10.2. The summed E-state index contributed by atoms with van der Waals surface area (Å²) in [6.45, 7) is 0. The SMILES string of the molecule is N#Cc1cc(S(=O)(=O)Cl)c(Br)nc1C(F)F. The van der Waals surface area contributed by atoms with E-state index in [0.717, 1.165) is 6.07 Å². The van der Waals surface area contributed by atoms with E-state index in [1.165, 1.54) is 6.07 Å². The minimum absolute atomic E-state index is 0.350. The van der Waals surface area contributed by atoms with Gasteiger partial charge >= 0.3 is 0 Å². The topological polar surface area (TPSA) is 70.8 Å². The molecule has 1 rings (SSSR count). The number of hydrogen-bond donors (Lipinski definition) is 0. The van der Waals surface area contributed by atoms with Crippen molar-refractivity contribution >= 4 is 35.7 Å². The van der Waals surface area contributed by atoms with Gasteiger partial charge in [-0.3, -0.25) is 0 Å². The number of nitrogens with zero attached hydrogens (tertiary/aromatic N) is 2. The molecule has 1 aromatic rings. The van der Waals surface area contributed by atoms with E-state index in [2.05, 4.69) is 20.9 Å². The molecule has 0 radical (unpaired) electrons. The average Bonchev–Trinajstić information content (AvgIpc) is 2.15. The summed E-state index contributed by atoms with van der Waals surface area (Å²) in [5, 5.41) is 8.57. The summed E-state index contributed by atoms with van der Waals surface area (Å²) in [5.74, 6) is 0. The van der Waals surface area contributed by atoms with Crippen LogP contribution in [0.15, 0.2) is 15.6 Å². The van der Waals surface area contributed by atoms with Gasteiger partial charge in [-0.2, -0.15) is 5.26 Å².